The number of likely N-dealkylation sites (tertiary alicyclic amines) is 1. The summed E-state index contributed by atoms with van der Waals surface area (Å²) in [7, 11) is 0. The molecule has 2 rings (SSSR count). The molecule has 1 unspecified atom stereocenters. The monoisotopic (exact) mass is 282 g/mol. The van der Waals surface area contributed by atoms with Crippen molar-refractivity contribution in [3.05, 3.63) is 0 Å². The molecule has 1 saturated heterocycles. The van der Waals surface area contributed by atoms with Crippen LogP contribution in [0.25, 0.3) is 0 Å². The number of amides is 1. The Morgan fingerprint density at radius 1 is 1.21 bits per heavy atom. The molecule has 0 aromatic rings. The van der Waals surface area contributed by atoms with Gasteiger partial charge in [-0.1, -0.05) is 38.4 Å². The Labute approximate surface area is 121 Å². The molecule has 1 saturated carbocycles. The normalized spacial score (nSPS) is 24.2. The summed E-state index contributed by atoms with van der Waals surface area (Å²) < 4.78 is 0. The summed E-state index contributed by atoms with van der Waals surface area (Å²) >= 11 is 5.01. The van der Waals surface area contributed by atoms with Crippen molar-refractivity contribution in [1.29, 1.82) is 0 Å². The number of piperidine rings is 1. The minimum Gasteiger partial charge on any atom is -0.393 e. The molecule has 1 spiro atoms. The molecule has 108 valence electrons. The first-order valence-electron chi connectivity index (χ1n) is 7.66. The maximum Gasteiger partial charge on any atom is 0.232 e. The van der Waals surface area contributed by atoms with Gasteiger partial charge < -0.3 is 10.6 Å². The van der Waals surface area contributed by atoms with Crippen LogP contribution in [0.2, 0.25) is 0 Å². The highest BCUT2D eigenvalue weighted by Crippen LogP contribution is 2.44. The van der Waals surface area contributed by atoms with Gasteiger partial charge in [0.25, 0.3) is 0 Å². The summed E-state index contributed by atoms with van der Waals surface area (Å²) in [6.07, 6.45) is 9.93. The number of carbonyl (C=O) groups excluding carboxylic acids is 1. The van der Waals surface area contributed by atoms with Crippen LogP contribution < -0.4 is 5.73 Å². The molecule has 2 fully saturated rings. The lowest BCUT2D eigenvalue weighted by molar-refractivity contribution is -0.136. The number of nitrogens with two attached hydrogens (primary N) is 1. The number of hydrogen-bond donors (Lipinski definition) is 1. The van der Waals surface area contributed by atoms with Gasteiger partial charge in [-0.05, 0) is 37.5 Å². The van der Waals surface area contributed by atoms with Gasteiger partial charge in [-0.3, -0.25) is 4.79 Å². The van der Waals surface area contributed by atoms with E-state index in [0.717, 1.165) is 19.5 Å². The van der Waals surface area contributed by atoms with Crippen LogP contribution in [0.5, 0.6) is 0 Å². The Morgan fingerprint density at radius 2 is 1.79 bits per heavy atom. The van der Waals surface area contributed by atoms with Crippen molar-refractivity contribution in [2.75, 3.05) is 13.1 Å². The van der Waals surface area contributed by atoms with E-state index >= 15 is 0 Å². The zero-order chi connectivity index (χ0) is 13.9. The quantitative estimate of drug-likeness (QED) is 0.810. The molecule has 1 aliphatic carbocycles. The summed E-state index contributed by atoms with van der Waals surface area (Å²) in [5, 5.41) is 0. The first-order valence-corrected chi connectivity index (χ1v) is 8.07. The fourth-order valence-corrected chi connectivity index (χ4v) is 3.99. The molecule has 2 N–H and O–H groups in total. The van der Waals surface area contributed by atoms with Crippen LogP contribution in [-0.4, -0.2) is 28.9 Å². The first-order chi connectivity index (χ1) is 9.08. The van der Waals surface area contributed by atoms with Gasteiger partial charge >= 0.3 is 0 Å². The second kappa shape index (κ2) is 6.21. The van der Waals surface area contributed by atoms with Crippen LogP contribution in [0.1, 0.15) is 58.3 Å². The third-order valence-electron chi connectivity index (χ3n) is 5.10. The second-order valence-electron chi connectivity index (χ2n) is 6.25. The number of nitrogens with zero attached hydrogens (tertiary/aromatic N) is 1. The number of rotatable bonds is 3. The van der Waals surface area contributed by atoms with Crippen LogP contribution in [-0.2, 0) is 4.79 Å². The van der Waals surface area contributed by atoms with E-state index in [0.29, 0.717) is 10.4 Å². The van der Waals surface area contributed by atoms with E-state index < -0.39 is 0 Å². The Hall–Kier alpha value is -0.640. The minimum absolute atomic E-state index is 0.153. The zero-order valence-electron chi connectivity index (χ0n) is 12.0. The van der Waals surface area contributed by atoms with E-state index in [1.165, 1.54) is 44.9 Å². The van der Waals surface area contributed by atoms with Crippen molar-refractivity contribution >= 4 is 23.1 Å². The van der Waals surface area contributed by atoms with Crippen LogP contribution in [0.4, 0.5) is 0 Å². The van der Waals surface area contributed by atoms with Gasteiger partial charge in [-0.25, -0.2) is 0 Å². The predicted molar refractivity (Wildman–Crippen MR) is 81.9 cm³/mol. The minimum atomic E-state index is -0.254. The summed E-state index contributed by atoms with van der Waals surface area (Å²) in [6, 6.07) is 0. The van der Waals surface area contributed by atoms with E-state index in [-0.39, 0.29) is 11.8 Å². The van der Waals surface area contributed by atoms with Gasteiger partial charge in [0.15, 0.2) is 0 Å². The maximum absolute atomic E-state index is 12.4. The molecule has 3 nitrogen and oxygen atoms in total. The summed E-state index contributed by atoms with van der Waals surface area (Å²) in [6.45, 7) is 3.78. The lowest BCUT2D eigenvalue weighted by Gasteiger charge is -2.44. The van der Waals surface area contributed by atoms with Crippen molar-refractivity contribution in [3.8, 4) is 0 Å². The molecule has 0 aromatic heterocycles. The Bertz CT molecular complexity index is 340. The van der Waals surface area contributed by atoms with E-state index in [1.807, 2.05) is 11.8 Å². The lowest BCUT2D eigenvalue weighted by atomic mass is 9.68. The van der Waals surface area contributed by atoms with Crippen molar-refractivity contribution in [2.24, 2.45) is 17.1 Å². The topological polar surface area (TPSA) is 46.3 Å². The van der Waals surface area contributed by atoms with Gasteiger partial charge in [0.05, 0.1) is 10.9 Å². The van der Waals surface area contributed by atoms with Crippen LogP contribution >= 0.6 is 12.2 Å². The van der Waals surface area contributed by atoms with E-state index in [9.17, 15) is 4.79 Å². The van der Waals surface area contributed by atoms with Crippen molar-refractivity contribution in [2.45, 2.75) is 58.3 Å². The summed E-state index contributed by atoms with van der Waals surface area (Å²) in [5.41, 5.74) is 6.22. The van der Waals surface area contributed by atoms with E-state index in [4.69, 9.17) is 18.0 Å². The average molecular weight is 282 g/mol. The molecule has 1 atom stereocenters. The lowest BCUT2D eigenvalue weighted by Crippen LogP contribution is -2.47. The van der Waals surface area contributed by atoms with E-state index in [1.54, 1.807) is 0 Å². The van der Waals surface area contributed by atoms with Gasteiger partial charge in [-0.2, -0.15) is 0 Å². The van der Waals surface area contributed by atoms with Crippen LogP contribution in [0, 0.1) is 11.3 Å². The molecule has 19 heavy (non-hydrogen) atoms. The molecule has 0 bridgehead atoms. The van der Waals surface area contributed by atoms with Gasteiger partial charge in [0.2, 0.25) is 5.91 Å². The number of thiocarbonyl (C=S) groups is 1. The van der Waals surface area contributed by atoms with Crippen LogP contribution in [0.3, 0.4) is 0 Å². The highest BCUT2D eigenvalue weighted by atomic mass is 32.1. The highest BCUT2D eigenvalue weighted by Gasteiger charge is 2.37. The molecule has 4 heteroatoms. The molecule has 2 aliphatic rings. The third-order valence-corrected chi connectivity index (χ3v) is 5.38. The van der Waals surface area contributed by atoms with Crippen molar-refractivity contribution in [1.82, 2.24) is 4.90 Å². The summed E-state index contributed by atoms with van der Waals surface area (Å²) in [4.78, 5) is 14.7. The zero-order valence-corrected chi connectivity index (χ0v) is 12.8. The molecular weight excluding hydrogens is 256 g/mol. The number of hydrogen-bond acceptors (Lipinski definition) is 2. The van der Waals surface area contributed by atoms with Gasteiger partial charge in [-0.15, -0.1) is 0 Å². The fourth-order valence-electron chi connectivity index (χ4n) is 3.72. The maximum atomic E-state index is 12.4. The second-order valence-corrected chi connectivity index (χ2v) is 6.72. The number of carbonyl (C=O) groups is 1. The predicted octanol–water partition coefficient (Wildman–Crippen LogP) is 2.87. The third kappa shape index (κ3) is 3.28. The van der Waals surface area contributed by atoms with Crippen LogP contribution in [0.15, 0.2) is 0 Å². The fraction of sp³-hybridized carbons (Fsp3) is 0.867. The first kappa shape index (κ1) is 14.8. The Balaban J connectivity index is 1.92. The van der Waals surface area contributed by atoms with Crippen molar-refractivity contribution < 1.29 is 4.79 Å². The Kier molecular flexibility index (Phi) is 4.82. The van der Waals surface area contributed by atoms with Gasteiger partial charge in [0.1, 0.15) is 0 Å². The van der Waals surface area contributed by atoms with Crippen molar-refractivity contribution in [3.63, 3.8) is 0 Å². The highest BCUT2D eigenvalue weighted by molar-refractivity contribution is 7.80. The SMILES string of the molecule is CCC(C(=O)N1CCC2(CCCCC2)CC1)C(N)=S. The van der Waals surface area contributed by atoms with Gasteiger partial charge in [0, 0.05) is 13.1 Å². The molecular formula is C15H26N2OS. The Morgan fingerprint density at radius 3 is 2.26 bits per heavy atom. The largest absolute Gasteiger partial charge is 0.393 e. The summed E-state index contributed by atoms with van der Waals surface area (Å²) in [5.74, 6) is -0.101. The smallest absolute Gasteiger partial charge is 0.232 e. The molecule has 1 amide bonds. The molecule has 1 aliphatic heterocycles. The molecule has 1 heterocycles. The van der Waals surface area contributed by atoms with E-state index in [2.05, 4.69) is 0 Å². The standard InChI is InChI=1S/C15H26N2OS/c1-2-12(13(16)19)14(18)17-10-8-15(9-11-17)6-4-3-5-7-15/h12H,2-11H2,1H3,(H2,16,19). The average Bonchev–Trinajstić information content (AvgIpc) is 2.40. The molecule has 0 aromatic carbocycles. The molecule has 0 radical (unpaired) electrons.